The molecule has 0 saturated heterocycles. The molecule has 20 heavy (non-hydrogen) atoms. The van der Waals surface area contributed by atoms with Crippen molar-refractivity contribution in [1.29, 1.82) is 0 Å². The second-order valence-electron chi connectivity index (χ2n) is 4.56. The topological polar surface area (TPSA) is 66.4 Å². The Hall–Kier alpha value is -1.26. The van der Waals surface area contributed by atoms with Gasteiger partial charge >= 0.3 is 5.97 Å². The molecule has 0 aliphatic heterocycles. The summed E-state index contributed by atoms with van der Waals surface area (Å²) in [5, 5.41) is 12.5. The summed E-state index contributed by atoms with van der Waals surface area (Å²) >= 11 is 11.7. The molecule has 2 N–H and O–H groups in total. The SMILES string of the molecule is CCCCC(NC(=O)Cc1cc(Cl)cc(Cl)c1)C(=O)O. The predicted molar refractivity (Wildman–Crippen MR) is 79.3 cm³/mol. The number of halogens is 2. The number of unbranched alkanes of at least 4 members (excludes halogenated alkanes) is 1. The van der Waals surface area contributed by atoms with E-state index in [1.807, 2.05) is 6.92 Å². The van der Waals surface area contributed by atoms with Gasteiger partial charge in [-0.05, 0) is 30.2 Å². The standard InChI is InChI=1S/C14H17Cl2NO3/c1-2-3-4-12(14(19)20)17-13(18)7-9-5-10(15)8-11(16)6-9/h5-6,8,12H,2-4,7H2,1H3,(H,17,18)(H,19,20). The number of nitrogens with one attached hydrogen (secondary N) is 1. The molecule has 0 bridgehead atoms. The lowest BCUT2D eigenvalue weighted by molar-refractivity contribution is -0.142. The fourth-order valence-corrected chi connectivity index (χ4v) is 2.38. The van der Waals surface area contributed by atoms with Crippen LogP contribution in [-0.4, -0.2) is 23.0 Å². The first-order valence-electron chi connectivity index (χ1n) is 6.39. The minimum atomic E-state index is -1.02. The minimum absolute atomic E-state index is 0.0518. The highest BCUT2D eigenvalue weighted by Crippen LogP contribution is 2.19. The van der Waals surface area contributed by atoms with Crippen LogP contribution in [0.1, 0.15) is 31.7 Å². The summed E-state index contributed by atoms with van der Waals surface area (Å²) < 4.78 is 0. The van der Waals surface area contributed by atoms with Crippen molar-refractivity contribution >= 4 is 35.1 Å². The highest BCUT2D eigenvalue weighted by atomic mass is 35.5. The van der Waals surface area contributed by atoms with Crippen molar-refractivity contribution in [2.45, 2.75) is 38.6 Å². The third-order valence-electron chi connectivity index (χ3n) is 2.77. The van der Waals surface area contributed by atoms with E-state index >= 15 is 0 Å². The van der Waals surface area contributed by atoms with Crippen molar-refractivity contribution in [1.82, 2.24) is 5.32 Å². The van der Waals surface area contributed by atoms with Crippen molar-refractivity contribution in [3.63, 3.8) is 0 Å². The molecule has 1 aromatic rings. The molecule has 0 saturated carbocycles. The zero-order chi connectivity index (χ0) is 15.1. The molecule has 1 atom stereocenters. The van der Waals surface area contributed by atoms with Crippen molar-refractivity contribution < 1.29 is 14.7 Å². The second kappa shape index (κ2) is 8.12. The second-order valence-corrected chi connectivity index (χ2v) is 5.43. The van der Waals surface area contributed by atoms with Gasteiger partial charge in [0.25, 0.3) is 0 Å². The number of rotatable bonds is 7. The molecule has 1 unspecified atom stereocenters. The lowest BCUT2D eigenvalue weighted by Crippen LogP contribution is -2.41. The number of amides is 1. The van der Waals surface area contributed by atoms with E-state index in [1.54, 1.807) is 18.2 Å². The number of carboxylic acids is 1. The van der Waals surface area contributed by atoms with E-state index in [-0.39, 0.29) is 12.3 Å². The number of hydrogen-bond donors (Lipinski definition) is 2. The van der Waals surface area contributed by atoms with E-state index in [9.17, 15) is 9.59 Å². The molecule has 0 aliphatic rings. The molecule has 1 aromatic carbocycles. The van der Waals surface area contributed by atoms with Gasteiger partial charge in [0.1, 0.15) is 6.04 Å². The first-order valence-corrected chi connectivity index (χ1v) is 7.15. The Balaban J connectivity index is 2.63. The molecule has 0 radical (unpaired) electrons. The molecule has 0 spiro atoms. The van der Waals surface area contributed by atoms with Crippen LogP contribution in [0.25, 0.3) is 0 Å². The van der Waals surface area contributed by atoms with Crippen molar-refractivity contribution in [2.24, 2.45) is 0 Å². The first-order chi connectivity index (χ1) is 9.42. The predicted octanol–water partition coefficient (Wildman–Crippen LogP) is 3.30. The van der Waals surface area contributed by atoms with Crippen molar-refractivity contribution in [2.75, 3.05) is 0 Å². The van der Waals surface area contributed by atoms with Crippen LogP contribution in [0.5, 0.6) is 0 Å². The Morgan fingerprint density at radius 3 is 2.35 bits per heavy atom. The average molecular weight is 318 g/mol. The summed E-state index contributed by atoms with van der Waals surface area (Å²) in [6.07, 6.45) is 2.11. The summed E-state index contributed by atoms with van der Waals surface area (Å²) in [4.78, 5) is 22.9. The van der Waals surface area contributed by atoms with E-state index in [1.165, 1.54) is 0 Å². The maximum absolute atomic E-state index is 11.9. The Kier molecular flexibility index (Phi) is 6.82. The lowest BCUT2D eigenvalue weighted by Gasteiger charge is -2.14. The third kappa shape index (κ3) is 5.80. The van der Waals surface area contributed by atoms with Gasteiger partial charge in [-0.3, -0.25) is 4.79 Å². The van der Waals surface area contributed by atoms with Crippen LogP contribution in [0.15, 0.2) is 18.2 Å². The average Bonchev–Trinajstić information content (AvgIpc) is 2.32. The molecule has 0 heterocycles. The largest absolute Gasteiger partial charge is 0.480 e. The molecule has 1 rings (SSSR count). The van der Waals surface area contributed by atoms with Crippen LogP contribution in [0.2, 0.25) is 10.0 Å². The zero-order valence-corrected chi connectivity index (χ0v) is 12.7. The van der Waals surface area contributed by atoms with Gasteiger partial charge < -0.3 is 10.4 Å². The normalized spacial score (nSPS) is 11.9. The Morgan fingerprint density at radius 1 is 1.25 bits per heavy atom. The highest BCUT2D eigenvalue weighted by molar-refractivity contribution is 6.34. The lowest BCUT2D eigenvalue weighted by atomic mass is 10.1. The molecule has 4 nitrogen and oxygen atoms in total. The highest BCUT2D eigenvalue weighted by Gasteiger charge is 2.19. The molecular weight excluding hydrogens is 301 g/mol. The Labute approximate surface area is 128 Å². The van der Waals surface area contributed by atoms with Gasteiger partial charge in [-0.1, -0.05) is 43.0 Å². The summed E-state index contributed by atoms with van der Waals surface area (Å²) in [7, 11) is 0. The summed E-state index contributed by atoms with van der Waals surface area (Å²) in [5.74, 6) is -1.37. The minimum Gasteiger partial charge on any atom is -0.480 e. The van der Waals surface area contributed by atoms with Crippen LogP contribution in [0, 0.1) is 0 Å². The van der Waals surface area contributed by atoms with E-state index < -0.39 is 12.0 Å². The quantitative estimate of drug-likeness (QED) is 0.810. The van der Waals surface area contributed by atoms with Gasteiger partial charge in [-0.2, -0.15) is 0 Å². The van der Waals surface area contributed by atoms with Gasteiger partial charge in [0, 0.05) is 10.0 Å². The van der Waals surface area contributed by atoms with E-state index in [0.29, 0.717) is 22.0 Å². The van der Waals surface area contributed by atoms with Crippen LogP contribution in [0.3, 0.4) is 0 Å². The Morgan fingerprint density at radius 2 is 1.85 bits per heavy atom. The van der Waals surface area contributed by atoms with Gasteiger partial charge in [0.15, 0.2) is 0 Å². The number of aliphatic carboxylic acids is 1. The van der Waals surface area contributed by atoms with Crippen LogP contribution in [-0.2, 0) is 16.0 Å². The molecule has 1 amide bonds. The molecule has 6 heteroatoms. The molecular formula is C14H17Cl2NO3. The monoisotopic (exact) mass is 317 g/mol. The number of carbonyl (C=O) groups is 2. The van der Waals surface area contributed by atoms with Gasteiger partial charge in [0.2, 0.25) is 5.91 Å². The smallest absolute Gasteiger partial charge is 0.326 e. The third-order valence-corrected chi connectivity index (χ3v) is 3.20. The van der Waals surface area contributed by atoms with E-state index in [4.69, 9.17) is 28.3 Å². The van der Waals surface area contributed by atoms with Gasteiger partial charge in [0.05, 0.1) is 6.42 Å². The first kappa shape index (κ1) is 16.8. The maximum atomic E-state index is 11.9. The van der Waals surface area contributed by atoms with Crippen LogP contribution < -0.4 is 5.32 Å². The molecule has 110 valence electrons. The zero-order valence-electron chi connectivity index (χ0n) is 11.2. The van der Waals surface area contributed by atoms with Crippen LogP contribution >= 0.6 is 23.2 Å². The number of carboxylic acid groups (broad SMARTS) is 1. The summed E-state index contributed by atoms with van der Waals surface area (Å²) in [6, 6.07) is 3.99. The van der Waals surface area contributed by atoms with Crippen molar-refractivity contribution in [3.8, 4) is 0 Å². The number of carbonyl (C=O) groups excluding carboxylic acids is 1. The maximum Gasteiger partial charge on any atom is 0.326 e. The fourth-order valence-electron chi connectivity index (χ4n) is 1.81. The summed E-state index contributed by atoms with van der Waals surface area (Å²) in [6.45, 7) is 1.97. The summed E-state index contributed by atoms with van der Waals surface area (Å²) in [5.41, 5.74) is 0.652. The van der Waals surface area contributed by atoms with E-state index in [2.05, 4.69) is 5.32 Å². The van der Waals surface area contributed by atoms with Gasteiger partial charge in [-0.15, -0.1) is 0 Å². The number of benzene rings is 1. The van der Waals surface area contributed by atoms with Gasteiger partial charge in [-0.25, -0.2) is 4.79 Å². The van der Waals surface area contributed by atoms with E-state index in [0.717, 1.165) is 12.8 Å². The van der Waals surface area contributed by atoms with Crippen LogP contribution in [0.4, 0.5) is 0 Å². The molecule has 0 aromatic heterocycles. The Bertz CT molecular complexity index is 471. The molecule has 0 fully saturated rings. The molecule has 0 aliphatic carbocycles. The fraction of sp³-hybridized carbons (Fsp3) is 0.429. The van der Waals surface area contributed by atoms with Crippen molar-refractivity contribution in [3.05, 3.63) is 33.8 Å². The number of hydrogen-bond acceptors (Lipinski definition) is 2.